The first-order valence-electron chi connectivity index (χ1n) is 6.11. The summed E-state index contributed by atoms with van der Waals surface area (Å²) in [5.41, 5.74) is 0.740. The van der Waals surface area contributed by atoms with E-state index in [4.69, 9.17) is 29.6 Å². The van der Waals surface area contributed by atoms with E-state index in [2.05, 4.69) is 10.9 Å². The third-order valence-corrected chi connectivity index (χ3v) is 4.95. The maximum Gasteiger partial charge on any atom is 0.251 e. The Kier molecular flexibility index (Phi) is 3.59. The molecule has 1 aromatic carbocycles. The summed E-state index contributed by atoms with van der Waals surface area (Å²) in [5, 5.41) is 0.902. The molecule has 0 aliphatic heterocycles. The normalized spacial score (nSPS) is 15.6. The number of rotatable bonds is 2. The summed E-state index contributed by atoms with van der Waals surface area (Å²) < 4.78 is 2.69. The van der Waals surface area contributed by atoms with Gasteiger partial charge in [0.2, 0.25) is 0 Å². The van der Waals surface area contributed by atoms with E-state index in [9.17, 15) is 4.79 Å². The number of carbonyl (C=O) groups is 1. The van der Waals surface area contributed by atoms with Crippen molar-refractivity contribution >= 4 is 50.7 Å². The highest BCUT2D eigenvalue weighted by molar-refractivity contribution is 7.16. The van der Waals surface area contributed by atoms with E-state index >= 15 is 0 Å². The van der Waals surface area contributed by atoms with Gasteiger partial charge in [0.1, 0.15) is 0 Å². The van der Waals surface area contributed by atoms with Gasteiger partial charge in [-0.05, 0) is 25.0 Å². The molecule has 3 rings (SSSR count). The van der Waals surface area contributed by atoms with Crippen LogP contribution in [-0.2, 0) is 11.3 Å². The van der Waals surface area contributed by atoms with Crippen LogP contribution in [0.3, 0.4) is 0 Å². The summed E-state index contributed by atoms with van der Waals surface area (Å²) >= 11 is 13.7. The van der Waals surface area contributed by atoms with Gasteiger partial charge in [0.15, 0.2) is 4.80 Å². The zero-order chi connectivity index (χ0) is 14.3. The molecule has 1 aromatic heterocycles. The lowest BCUT2D eigenvalue weighted by Crippen LogP contribution is -2.17. The summed E-state index contributed by atoms with van der Waals surface area (Å²) in [6, 6.07) is 3.59. The topological polar surface area (TPSA) is 34.4 Å². The van der Waals surface area contributed by atoms with Crippen LogP contribution in [0.2, 0.25) is 10.0 Å². The highest BCUT2D eigenvalue weighted by Gasteiger charge is 2.29. The lowest BCUT2D eigenvalue weighted by Gasteiger charge is -2.03. The molecule has 1 saturated carbocycles. The van der Waals surface area contributed by atoms with Crippen molar-refractivity contribution in [1.82, 2.24) is 4.57 Å². The second-order valence-corrected chi connectivity index (χ2v) is 6.40. The van der Waals surface area contributed by atoms with Crippen LogP contribution in [0.4, 0.5) is 0 Å². The third kappa shape index (κ3) is 2.37. The number of nitrogens with zero attached hydrogens (tertiary/aromatic N) is 2. The molecule has 0 spiro atoms. The van der Waals surface area contributed by atoms with Crippen molar-refractivity contribution < 1.29 is 4.79 Å². The standard InChI is InChI=1S/C14H10Cl2N2OS/c1-2-7-18-12-10(6-5-9(15)11(12)16)20-14(18)17-13(19)8-3-4-8/h1,5-6,8H,3-4,7H2. The highest BCUT2D eigenvalue weighted by Crippen LogP contribution is 2.33. The number of carbonyl (C=O) groups excluding carboxylic acids is 1. The smallest absolute Gasteiger partial charge is 0.251 e. The second-order valence-electron chi connectivity index (χ2n) is 4.61. The molecule has 0 atom stereocenters. The van der Waals surface area contributed by atoms with Gasteiger partial charge in [0.05, 0.1) is 26.8 Å². The minimum atomic E-state index is -0.0791. The van der Waals surface area contributed by atoms with Crippen molar-refractivity contribution in [3.63, 3.8) is 0 Å². The molecule has 1 heterocycles. The SMILES string of the molecule is C#CCn1c(=NC(=O)C2CC2)sc2ccc(Cl)c(Cl)c21. The fourth-order valence-corrected chi connectivity index (χ4v) is 3.46. The quantitative estimate of drug-likeness (QED) is 0.779. The average Bonchev–Trinajstić information content (AvgIpc) is 3.21. The van der Waals surface area contributed by atoms with E-state index in [-0.39, 0.29) is 11.8 Å². The van der Waals surface area contributed by atoms with Crippen molar-refractivity contribution in [2.24, 2.45) is 10.9 Å². The Hall–Kier alpha value is -1.28. The summed E-state index contributed by atoms with van der Waals surface area (Å²) in [5.74, 6) is 2.57. The van der Waals surface area contributed by atoms with E-state index in [0.29, 0.717) is 21.4 Å². The van der Waals surface area contributed by atoms with Gasteiger partial charge >= 0.3 is 0 Å². The highest BCUT2D eigenvalue weighted by atomic mass is 35.5. The minimum Gasteiger partial charge on any atom is -0.303 e. The van der Waals surface area contributed by atoms with Crippen molar-refractivity contribution in [3.05, 3.63) is 27.0 Å². The number of thiazole rings is 1. The monoisotopic (exact) mass is 324 g/mol. The number of halogens is 2. The van der Waals surface area contributed by atoms with Crippen molar-refractivity contribution in [1.29, 1.82) is 0 Å². The Bertz CT molecular complexity index is 809. The minimum absolute atomic E-state index is 0.0791. The van der Waals surface area contributed by atoms with Gasteiger partial charge in [-0.15, -0.1) is 6.42 Å². The molecule has 1 amide bonds. The van der Waals surface area contributed by atoms with Crippen LogP contribution in [0.15, 0.2) is 17.1 Å². The number of amides is 1. The summed E-state index contributed by atoms with van der Waals surface area (Å²) in [6.07, 6.45) is 7.25. The first kappa shape index (κ1) is 13.7. The number of fused-ring (bicyclic) bond motifs is 1. The van der Waals surface area contributed by atoms with Crippen molar-refractivity contribution in [2.45, 2.75) is 19.4 Å². The fraction of sp³-hybridized carbons (Fsp3) is 0.286. The van der Waals surface area contributed by atoms with E-state index in [1.165, 1.54) is 11.3 Å². The molecule has 1 aliphatic rings. The zero-order valence-electron chi connectivity index (χ0n) is 10.4. The molecule has 102 valence electrons. The molecule has 1 fully saturated rings. The average molecular weight is 325 g/mol. The predicted octanol–water partition coefficient (Wildman–Crippen LogP) is 3.48. The predicted molar refractivity (Wildman–Crippen MR) is 82.0 cm³/mol. The summed E-state index contributed by atoms with van der Waals surface area (Å²) in [4.78, 5) is 16.7. The number of benzene rings is 1. The number of hydrogen-bond acceptors (Lipinski definition) is 2. The van der Waals surface area contributed by atoms with Crippen LogP contribution in [0.1, 0.15) is 12.8 Å². The van der Waals surface area contributed by atoms with Gasteiger partial charge in [-0.2, -0.15) is 4.99 Å². The molecule has 0 radical (unpaired) electrons. The van der Waals surface area contributed by atoms with Gasteiger partial charge in [-0.25, -0.2) is 0 Å². The Morgan fingerprint density at radius 1 is 1.50 bits per heavy atom. The number of aromatic nitrogens is 1. The Morgan fingerprint density at radius 3 is 2.90 bits per heavy atom. The van der Waals surface area contributed by atoms with Crippen molar-refractivity contribution in [3.8, 4) is 12.3 Å². The maximum atomic E-state index is 11.9. The fourth-order valence-electron chi connectivity index (χ4n) is 1.94. The molecule has 0 bridgehead atoms. The largest absolute Gasteiger partial charge is 0.303 e. The Balaban J connectivity index is 2.26. The van der Waals surface area contributed by atoms with Gasteiger partial charge in [0, 0.05) is 5.92 Å². The summed E-state index contributed by atoms with van der Waals surface area (Å²) in [7, 11) is 0. The van der Waals surface area contributed by atoms with Crippen LogP contribution >= 0.6 is 34.5 Å². The number of terminal acetylenes is 1. The van der Waals surface area contributed by atoms with E-state index in [0.717, 1.165) is 23.1 Å². The number of hydrogen-bond donors (Lipinski definition) is 0. The molecule has 1 aliphatic carbocycles. The third-order valence-electron chi connectivity index (χ3n) is 3.12. The van der Waals surface area contributed by atoms with E-state index in [1.807, 2.05) is 6.07 Å². The molecular formula is C14H10Cl2N2OS. The molecular weight excluding hydrogens is 315 g/mol. The van der Waals surface area contributed by atoms with E-state index < -0.39 is 0 Å². The molecule has 0 unspecified atom stereocenters. The molecule has 3 nitrogen and oxygen atoms in total. The second kappa shape index (κ2) is 5.25. The Labute approximate surface area is 129 Å². The molecule has 6 heteroatoms. The van der Waals surface area contributed by atoms with Crippen LogP contribution < -0.4 is 4.80 Å². The Morgan fingerprint density at radius 2 is 2.25 bits per heavy atom. The lowest BCUT2D eigenvalue weighted by molar-refractivity contribution is -0.119. The van der Waals surface area contributed by atoms with Gasteiger partial charge in [-0.1, -0.05) is 40.5 Å². The zero-order valence-corrected chi connectivity index (χ0v) is 12.7. The molecule has 20 heavy (non-hydrogen) atoms. The molecule has 0 N–H and O–H groups in total. The van der Waals surface area contributed by atoms with Crippen molar-refractivity contribution in [2.75, 3.05) is 0 Å². The summed E-state index contributed by atoms with van der Waals surface area (Å²) in [6.45, 7) is 0.302. The lowest BCUT2D eigenvalue weighted by atomic mass is 10.3. The van der Waals surface area contributed by atoms with Gasteiger partial charge in [-0.3, -0.25) is 4.79 Å². The van der Waals surface area contributed by atoms with Gasteiger partial charge in [0.25, 0.3) is 5.91 Å². The maximum absolute atomic E-state index is 11.9. The first-order valence-corrected chi connectivity index (χ1v) is 7.68. The van der Waals surface area contributed by atoms with Crippen LogP contribution in [0, 0.1) is 18.3 Å². The molecule has 2 aromatic rings. The molecule has 0 saturated heterocycles. The van der Waals surface area contributed by atoms with Crippen LogP contribution in [-0.4, -0.2) is 10.5 Å². The van der Waals surface area contributed by atoms with E-state index in [1.54, 1.807) is 10.6 Å². The van der Waals surface area contributed by atoms with Crippen LogP contribution in [0.5, 0.6) is 0 Å². The first-order chi connectivity index (χ1) is 9.61. The van der Waals surface area contributed by atoms with Crippen LogP contribution in [0.25, 0.3) is 10.2 Å². The van der Waals surface area contributed by atoms with Gasteiger partial charge < -0.3 is 4.57 Å².